The van der Waals surface area contributed by atoms with Crippen LogP contribution in [-0.2, 0) is 26.1 Å². The van der Waals surface area contributed by atoms with Crippen LogP contribution in [0.5, 0.6) is 0 Å². The van der Waals surface area contributed by atoms with E-state index >= 15 is 0 Å². The Labute approximate surface area is 120 Å². The Balaban J connectivity index is 2.30. The number of rotatable bonds is 4. The monoisotopic (exact) mass is 316 g/mol. The number of hydrogen-bond donors (Lipinski definition) is 2. The standard InChI is InChI=1S/C12H13FN2O5S/c13-8-5-7(3-4-21(18,19)20)11(14-6-8)9-1-2-10(16)15-12(9)17/h5-6,9H,1-4H2,(H,15,16,17)(H,18,19,20). The van der Waals surface area contributed by atoms with Crippen LogP contribution in [0.2, 0.25) is 0 Å². The molecule has 1 unspecified atom stereocenters. The summed E-state index contributed by atoms with van der Waals surface area (Å²) in [6.07, 6.45) is 1.11. The number of nitrogens with zero attached hydrogens (tertiary/aromatic N) is 1. The van der Waals surface area contributed by atoms with Gasteiger partial charge in [0.2, 0.25) is 11.8 Å². The normalized spacial score (nSPS) is 19.4. The van der Waals surface area contributed by atoms with Crippen LogP contribution in [0.3, 0.4) is 0 Å². The lowest BCUT2D eigenvalue weighted by Crippen LogP contribution is -2.40. The fourth-order valence-electron chi connectivity index (χ4n) is 2.20. The Bertz CT molecular complexity index is 689. The summed E-state index contributed by atoms with van der Waals surface area (Å²) in [5.74, 6) is -2.94. The van der Waals surface area contributed by atoms with E-state index in [0.29, 0.717) is 0 Å². The van der Waals surface area contributed by atoms with Gasteiger partial charge in [0, 0.05) is 6.42 Å². The number of aromatic nitrogens is 1. The van der Waals surface area contributed by atoms with E-state index in [4.69, 9.17) is 4.55 Å². The first-order valence-electron chi connectivity index (χ1n) is 6.19. The van der Waals surface area contributed by atoms with Crippen LogP contribution in [-0.4, -0.2) is 35.5 Å². The van der Waals surface area contributed by atoms with Crippen LogP contribution in [0.25, 0.3) is 0 Å². The van der Waals surface area contributed by atoms with Crippen molar-refractivity contribution in [1.82, 2.24) is 10.3 Å². The molecule has 0 saturated carbocycles. The van der Waals surface area contributed by atoms with Gasteiger partial charge in [-0.05, 0) is 24.5 Å². The quantitative estimate of drug-likeness (QED) is 0.605. The molecule has 2 rings (SSSR count). The molecule has 21 heavy (non-hydrogen) atoms. The van der Waals surface area contributed by atoms with E-state index in [1.54, 1.807) is 0 Å². The first kappa shape index (κ1) is 15.5. The lowest BCUT2D eigenvalue weighted by Gasteiger charge is -2.22. The molecular weight excluding hydrogens is 303 g/mol. The summed E-state index contributed by atoms with van der Waals surface area (Å²) in [6, 6.07) is 1.08. The first-order valence-corrected chi connectivity index (χ1v) is 7.80. The van der Waals surface area contributed by atoms with E-state index in [9.17, 15) is 22.4 Å². The maximum atomic E-state index is 13.3. The molecule has 0 bridgehead atoms. The van der Waals surface area contributed by atoms with Gasteiger partial charge in [0.15, 0.2) is 0 Å². The zero-order chi connectivity index (χ0) is 15.6. The lowest BCUT2D eigenvalue weighted by molar-refractivity contribution is -0.134. The second-order valence-corrected chi connectivity index (χ2v) is 6.31. The van der Waals surface area contributed by atoms with E-state index in [1.165, 1.54) is 0 Å². The van der Waals surface area contributed by atoms with E-state index in [-0.39, 0.29) is 30.5 Å². The topological polar surface area (TPSA) is 113 Å². The maximum Gasteiger partial charge on any atom is 0.265 e. The van der Waals surface area contributed by atoms with Crippen molar-refractivity contribution in [1.29, 1.82) is 0 Å². The Morgan fingerprint density at radius 2 is 2.14 bits per heavy atom. The average molecular weight is 316 g/mol. The molecule has 1 aliphatic rings. The maximum absolute atomic E-state index is 13.3. The fourth-order valence-corrected chi connectivity index (χ4v) is 2.68. The van der Waals surface area contributed by atoms with Gasteiger partial charge in [0.25, 0.3) is 10.1 Å². The average Bonchev–Trinajstić information content (AvgIpc) is 2.36. The molecule has 1 saturated heterocycles. The number of hydrogen-bond acceptors (Lipinski definition) is 5. The van der Waals surface area contributed by atoms with E-state index in [1.807, 2.05) is 0 Å². The van der Waals surface area contributed by atoms with Gasteiger partial charge in [0.05, 0.1) is 23.6 Å². The first-order chi connectivity index (χ1) is 9.76. The van der Waals surface area contributed by atoms with Crippen molar-refractivity contribution < 1.29 is 27.0 Å². The molecule has 114 valence electrons. The lowest BCUT2D eigenvalue weighted by atomic mass is 9.91. The zero-order valence-electron chi connectivity index (χ0n) is 10.9. The molecule has 1 fully saturated rings. The Morgan fingerprint density at radius 3 is 2.76 bits per heavy atom. The van der Waals surface area contributed by atoms with Crippen molar-refractivity contribution >= 4 is 21.9 Å². The molecule has 1 atom stereocenters. The summed E-state index contributed by atoms with van der Waals surface area (Å²) in [4.78, 5) is 26.8. The van der Waals surface area contributed by atoms with Gasteiger partial charge in [-0.2, -0.15) is 8.42 Å². The van der Waals surface area contributed by atoms with Crippen molar-refractivity contribution in [3.8, 4) is 0 Å². The Morgan fingerprint density at radius 1 is 1.43 bits per heavy atom. The molecule has 7 nitrogen and oxygen atoms in total. The van der Waals surface area contributed by atoms with Gasteiger partial charge < -0.3 is 0 Å². The predicted molar refractivity (Wildman–Crippen MR) is 69.4 cm³/mol. The third kappa shape index (κ3) is 4.05. The Hall–Kier alpha value is -1.87. The smallest absolute Gasteiger partial charge is 0.265 e. The molecule has 0 radical (unpaired) electrons. The largest absolute Gasteiger partial charge is 0.296 e. The number of halogens is 1. The Kier molecular flexibility index (Phi) is 4.33. The fraction of sp³-hybridized carbons (Fsp3) is 0.417. The SMILES string of the molecule is O=C1CCC(c2ncc(F)cc2CCS(=O)(=O)O)C(=O)N1. The minimum atomic E-state index is -4.21. The number of nitrogens with one attached hydrogen (secondary N) is 1. The minimum Gasteiger partial charge on any atom is -0.296 e. The van der Waals surface area contributed by atoms with Crippen LogP contribution in [0.4, 0.5) is 4.39 Å². The van der Waals surface area contributed by atoms with Crippen molar-refractivity contribution in [2.24, 2.45) is 0 Å². The van der Waals surface area contributed by atoms with Gasteiger partial charge in [-0.1, -0.05) is 0 Å². The molecule has 9 heteroatoms. The molecule has 0 spiro atoms. The third-order valence-electron chi connectivity index (χ3n) is 3.17. The van der Waals surface area contributed by atoms with Crippen molar-refractivity contribution in [3.05, 3.63) is 29.3 Å². The zero-order valence-corrected chi connectivity index (χ0v) is 11.7. The molecule has 0 aromatic carbocycles. The van der Waals surface area contributed by atoms with E-state index in [2.05, 4.69) is 10.3 Å². The van der Waals surface area contributed by atoms with Crippen molar-refractivity contribution in [3.63, 3.8) is 0 Å². The highest BCUT2D eigenvalue weighted by atomic mass is 32.2. The molecule has 1 aromatic heterocycles. The number of carbonyl (C=O) groups is 2. The van der Waals surface area contributed by atoms with Crippen LogP contribution in [0.1, 0.15) is 30.0 Å². The van der Waals surface area contributed by atoms with Crippen LogP contribution in [0.15, 0.2) is 12.3 Å². The highest BCUT2D eigenvalue weighted by molar-refractivity contribution is 7.85. The number of carbonyl (C=O) groups excluding carboxylic acids is 2. The molecule has 2 heterocycles. The minimum absolute atomic E-state index is 0.132. The third-order valence-corrected chi connectivity index (χ3v) is 3.89. The molecule has 1 aliphatic heterocycles. The number of pyridine rings is 1. The van der Waals surface area contributed by atoms with Gasteiger partial charge >= 0.3 is 0 Å². The second kappa shape index (κ2) is 5.86. The summed E-state index contributed by atoms with van der Waals surface area (Å²) in [5, 5.41) is 2.16. The number of amides is 2. The summed E-state index contributed by atoms with van der Waals surface area (Å²) in [5.41, 5.74) is 0.451. The second-order valence-electron chi connectivity index (χ2n) is 4.74. The van der Waals surface area contributed by atoms with Crippen molar-refractivity contribution in [2.75, 3.05) is 5.75 Å². The molecular formula is C12H13FN2O5S. The van der Waals surface area contributed by atoms with Crippen molar-refractivity contribution in [2.45, 2.75) is 25.2 Å². The molecule has 1 aromatic rings. The number of imide groups is 1. The summed E-state index contributed by atoms with van der Waals surface area (Å²) in [6.45, 7) is 0. The van der Waals surface area contributed by atoms with Crippen LogP contribution >= 0.6 is 0 Å². The molecule has 2 amide bonds. The molecule has 0 aliphatic carbocycles. The highest BCUT2D eigenvalue weighted by Gasteiger charge is 2.31. The van der Waals surface area contributed by atoms with Gasteiger partial charge in [0.1, 0.15) is 5.82 Å². The molecule has 2 N–H and O–H groups in total. The highest BCUT2D eigenvalue weighted by Crippen LogP contribution is 2.26. The number of piperidine rings is 1. The van der Waals surface area contributed by atoms with Gasteiger partial charge in [-0.3, -0.25) is 24.4 Å². The van der Waals surface area contributed by atoms with Gasteiger partial charge in [-0.25, -0.2) is 4.39 Å². The summed E-state index contributed by atoms with van der Waals surface area (Å²) < 4.78 is 43.6. The summed E-state index contributed by atoms with van der Waals surface area (Å²) in [7, 11) is -4.21. The van der Waals surface area contributed by atoms with E-state index < -0.39 is 39.4 Å². The van der Waals surface area contributed by atoms with Crippen LogP contribution in [0, 0.1) is 5.82 Å². The number of aryl methyl sites for hydroxylation is 1. The van der Waals surface area contributed by atoms with Crippen LogP contribution < -0.4 is 5.32 Å². The van der Waals surface area contributed by atoms with Gasteiger partial charge in [-0.15, -0.1) is 0 Å². The van der Waals surface area contributed by atoms with E-state index in [0.717, 1.165) is 12.3 Å². The predicted octanol–water partition coefficient (Wildman–Crippen LogP) is 0.171. The summed E-state index contributed by atoms with van der Waals surface area (Å²) >= 11 is 0.